The Kier molecular flexibility index (Phi) is 2.71. The number of fused-ring (bicyclic) bond motifs is 4. The van der Waals surface area contributed by atoms with E-state index in [4.69, 9.17) is 0 Å². The van der Waals surface area contributed by atoms with Crippen molar-refractivity contribution in [2.45, 2.75) is 6.42 Å². The van der Waals surface area contributed by atoms with E-state index >= 15 is 0 Å². The zero-order valence-electron chi connectivity index (χ0n) is 12.9. The van der Waals surface area contributed by atoms with Gasteiger partial charge in [0.2, 0.25) is 0 Å². The van der Waals surface area contributed by atoms with Gasteiger partial charge < -0.3 is 0 Å². The molecule has 0 bridgehead atoms. The topological polar surface area (TPSA) is 34.9 Å². The molecule has 24 heavy (non-hydrogen) atoms. The lowest BCUT2D eigenvalue weighted by molar-refractivity contribution is 1.06. The van der Waals surface area contributed by atoms with E-state index in [1.807, 2.05) is 42.5 Å². The van der Waals surface area contributed by atoms with Crippen LogP contribution in [0.2, 0.25) is 0 Å². The number of aromatic nitrogens is 2. The van der Waals surface area contributed by atoms with Crippen LogP contribution in [0.4, 0.5) is 0 Å². The highest BCUT2D eigenvalue weighted by molar-refractivity contribution is 5.87. The van der Waals surface area contributed by atoms with E-state index in [1.165, 1.54) is 5.56 Å². The number of nitrogens with zero attached hydrogens (tertiary/aromatic N) is 2. The molecule has 4 aromatic rings. The van der Waals surface area contributed by atoms with Gasteiger partial charge in [-0.2, -0.15) is 0 Å². The van der Waals surface area contributed by atoms with Gasteiger partial charge >= 0.3 is 0 Å². The van der Waals surface area contributed by atoms with E-state index in [0.717, 1.165) is 22.5 Å². The van der Waals surface area contributed by atoms with Crippen LogP contribution in [0.5, 0.6) is 0 Å². The first-order valence-corrected chi connectivity index (χ1v) is 8.01. The SMILES string of the molecule is O=c1c2c(n(-c3ccccc3)c3ncccc13)-c1ccccc1C2. The molecule has 2 aromatic heterocycles. The summed E-state index contributed by atoms with van der Waals surface area (Å²) >= 11 is 0. The largest absolute Gasteiger partial charge is 0.293 e. The number of pyridine rings is 2. The van der Waals surface area contributed by atoms with Gasteiger partial charge in [-0.15, -0.1) is 0 Å². The smallest absolute Gasteiger partial charge is 0.195 e. The third kappa shape index (κ3) is 1.72. The molecule has 0 saturated carbocycles. The molecule has 0 amide bonds. The Labute approximate surface area is 138 Å². The van der Waals surface area contributed by atoms with Gasteiger partial charge in [0.25, 0.3) is 0 Å². The van der Waals surface area contributed by atoms with Crippen molar-refractivity contribution in [2.75, 3.05) is 0 Å². The minimum Gasteiger partial charge on any atom is -0.293 e. The Morgan fingerprint density at radius 1 is 0.875 bits per heavy atom. The molecule has 0 radical (unpaired) electrons. The molecule has 0 saturated heterocycles. The lowest BCUT2D eigenvalue weighted by Crippen LogP contribution is -2.15. The average Bonchev–Trinajstić information content (AvgIpc) is 3.03. The third-order valence-corrected chi connectivity index (χ3v) is 4.68. The summed E-state index contributed by atoms with van der Waals surface area (Å²) < 4.78 is 2.12. The first-order valence-electron chi connectivity index (χ1n) is 8.01. The molecular formula is C21H14N2O. The molecule has 1 aliphatic carbocycles. The minimum absolute atomic E-state index is 0.0940. The van der Waals surface area contributed by atoms with Crippen LogP contribution in [-0.2, 0) is 6.42 Å². The van der Waals surface area contributed by atoms with Gasteiger partial charge in [-0.05, 0) is 29.8 Å². The highest BCUT2D eigenvalue weighted by atomic mass is 16.1. The van der Waals surface area contributed by atoms with Gasteiger partial charge in [0.15, 0.2) is 5.43 Å². The quantitative estimate of drug-likeness (QED) is 0.470. The summed E-state index contributed by atoms with van der Waals surface area (Å²) in [4.78, 5) is 17.6. The van der Waals surface area contributed by atoms with E-state index in [-0.39, 0.29) is 5.43 Å². The first kappa shape index (κ1) is 13.3. The van der Waals surface area contributed by atoms with Crippen LogP contribution in [0, 0.1) is 0 Å². The van der Waals surface area contributed by atoms with Crippen LogP contribution < -0.4 is 5.43 Å². The second-order valence-electron chi connectivity index (χ2n) is 6.04. The summed E-state index contributed by atoms with van der Waals surface area (Å²) in [7, 11) is 0. The molecule has 1 aliphatic rings. The summed E-state index contributed by atoms with van der Waals surface area (Å²) in [5.41, 5.74) is 5.99. The van der Waals surface area contributed by atoms with Crippen LogP contribution in [0.1, 0.15) is 11.1 Å². The van der Waals surface area contributed by atoms with E-state index in [1.54, 1.807) is 6.20 Å². The fourth-order valence-electron chi connectivity index (χ4n) is 3.63. The van der Waals surface area contributed by atoms with Gasteiger partial charge in [-0.3, -0.25) is 9.36 Å². The average molecular weight is 310 g/mol. The third-order valence-electron chi connectivity index (χ3n) is 4.68. The lowest BCUT2D eigenvalue weighted by Gasteiger charge is -2.16. The molecule has 114 valence electrons. The molecule has 5 rings (SSSR count). The number of hydrogen-bond donors (Lipinski definition) is 0. The summed E-state index contributed by atoms with van der Waals surface area (Å²) in [5, 5.41) is 0.674. The van der Waals surface area contributed by atoms with Crippen molar-refractivity contribution in [1.29, 1.82) is 0 Å². The number of benzene rings is 2. The normalized spacial score (nSPS) is 12.2. The minimum atomic E-state index is 0.0940. The lowest BCUT2D eigenvalue weighted by atomic mass is 10.1. The van der Waals surface area contributed by atoms with Gasteiger partial charge in [0.05, 0.1) is 11.1 Å². The molecule has 2 aromatic carbocycles. The summed E-state index contributed by atoms with van der Waals surface area (Å²) in [6.07, 6.45) is 2.43. The molecule has 0 N–H and O–H groups in total. The zero-order valence-corrected chi connectivity index (χ0v) is 12.9. The fraction of sp³-hybridized carbons (Fsp3) is 0.0476. The highest BCUT2D eigenvalue weighted by Crippen LogP contribution is 2.37. The maximum atomic E-state index is 13.0. The van der Waals surface area contributed by atoms with Gasteiger partial charge in [-0.25, -0.2) is 4.98 Å². The predicted octanol–water partition coefficient (Wildman–Crippen LogP) is 3.96. The van der Waals surface area contributed by atoms with Crippen LogP contribution >= 0.6 is 0 Å². The van der Waals surface area contributed by atoms with Crippen molar-refractivity contribution in [3.8, 4) is 16.9 Å². The van der Waals surface area contributed by atoms with Crippen LogP contribution in [0.15, 0.2) is 77.7 Å². The van der Waals surface area contributed by atoms with Crippen LogP contribution in [-0.4, -0.2) is 9.55 Å². The Morgan fingerprint density at radius 3 is 2.54 bits per heavy atom. The van der Waals surface area contributed by atoms with Crippen molar-refractivity contribution >= 4 is 11.0 Å². The molecule has 0 aliphatic heterocycles. The zero-order chi connectivity index (χ0) is 16.1. The Balaban J connectivity index is 2.02. The maximum absolute atomic E-state index is 13.0. The molecular weight excluding hydrogens is 296 g/mol. The second kappa shape index (κ2) is 4.90. The Morgan fingerprint density at radius 2 is 1.67 bits per heavy atom. The first-order chi connectivity index (χ1) is 11.8. The molecule has 0 spiro atoms. The standard InChI is InChI=1S/C21H14N2O/c24-20-17-11-6-12-22-21(17)23(15-8-2-1-3-9-15)19-16-10-5-4-7-14(16)13-18(19)20/h1-12H,13H2. The Hall–Kier alpha value is -3.20. The van der Waals surface area contributed by atoms with Crippen molar-refractivity contribution in [3.63, 3.8) is 0 Å². The van der Waals surface area contributed by atoms with Crippen LogP contribution in [0.3, 0.4) is 0 Å². The van der Waals surface area contributed by atoms with E-state index in [2.05, 4.69) is 33.8 Å². The van der Waals surface area contributed by atoms with Crippen LogP contribution in [0.25, 0.3) is 28.0 Å². The van der Waals surface area contributed by atoms with E-state index in [0.29, 0.717) is 17.5 Å². The van der Waals surface area contributed by atoms with Gasteiger partial charge in [-0.1, -0.05) is 42.5 Å². The monoisotopic (exact) mass is 310 g/mol. The second-order valence-corrected chi connectivity index (χ2v) is 6.04. The molecule has 0 atom stereocenters. The molecule has 2 heterocycles. The fourth-order valence-corrected chi connectivity index (χ4v) is 3.63. The van der Waals surface area contributed by atoms with Crippen molar-refractivity contribution < 1.29 is 0 Å². The molecule has 0 fully saturated rings. The van der Waals surface area contributed by atoms with E-state index in [9.17, 15) is 4.79 Å². The van der Waals surface area contributed by atoms with Crippen molar-refractivity contribution in [2.24, 2.45) is 0 Å². The predicted molar refractivity (Wildman–Crippen MR) is 95.6 cm³/mol. The summed E-state index contributed by atoms with van der Waals surface area (Å²) in [6.45, 7) is 0. The summed E-state index contributed by atoms with van der Waals surface area (Å²) in [5.74, 6) is 0. The highest BCUT2D eigenvalue weighted by Gasteiger charge is 2.26. The molecule has 3 nitrogen and oxygen atoms in total. The summed E-state index contributed by atoms with van der Waals surface area (Å²) in [6, 6.07) is 22.1. The number of rotatable bonds is 1. The molecule has 0 unspecified atom stereocenters. The molecule has 3 heteroatoms. The van der Waals surface area contributed by atoms with Crippen molar-refractivity contribution in [1.82, 2.24) is 9.55 Å². The van der Waals surface area contributed by atoms with Gasteiger partial charge in [0.1, 0.15) is 5.65 Å². The van der Waals surface area contributed by atoms with Gasteiger partial charge in [0, 0.05) is 29.4 Å². The Bertz CT molecular complexity index is 1140. The number of para-hydroxylation sites is 1. The number of hydrogen-bond acceptors (Lipinski definition) is 2. The van der Waals surface area contributed by atoms with E-state index < -0.39 is 0 Å². The maximum Gasteiger partial charge on any atom is 0.195 e. The van der Waals surface area contributed by atoms with Crippen molar-refractivity contribution in [3.05, 3.63) is 94.3 Å².